The summed E-state index contributed by atoms with van der Waals surface area (Å²) < 4.78 is 13.2. The van der Waals surface area contributed by atoms with Gasteiger partial charge >= 0.3 is 0 Å². The Labute approximate surface area is 106 Å². The third-order valence-corrected chi connectivity index (χ3v) is 3.92. The lowest BCUT2D eigenvalue weighted by atomic mass is 9.94. The molecule has 2 rings (SSSR count). The molecule has 1 atom stereocenters. The van der Waals surface area contributed by atoms with E-state index in [1.807, 2.05) is 0 Å². The molecule has 17 heavy (non-hydrogen) atoms. The molecule has 2 nitrogen and oxygen atoms in total. The van der Waals surface area contributed by atoms with Crippen molar-refractivity contribution in [2.75, 3.05) is 0 Å². The fraction of sp³-hybridized carbons (Fsp3) is 0.538. The van der Waals surface area contributed by atoms with E-state index in [1.165, 1.54) is 37.8 Å². The first-order valence-corrected chi connectivity index (χ1v) is 6.49. The standard InChI is InChI=1S/C13H18ClFN2/c14-12-6-5-10(15)8-11(12)13(17-16)7-9-3-1-2-4-9/h5-6,8-9,13,17H,1-4,7,16H2. The Morgan fingerprint density at radius 2 is 2.12 bits per heavy atom. The van der Waals surface area contributed by atoms with E-state index in [2.05, 4.69) is 5.43 Å². The summed E-state index contributed by atoms with van der Waals surface area (Å²) in [6, 6.07) is 4.38. The van der Waals surface area contributed by atoms with Crippen molar-refractivity contribution >= 4 is 11.6 Å². The van der Waals surface area contributed by atoms with Gasteiger partial charge in [-0.25, -0.2) is 4.39 Å². The van der Waals surface area contributed by atoms with Crippen molar-refractivity contribution in [3.63, 3.8) is 0 Å². The van der Waals surface area contributed by atoms with Crippen molar-refractivity contribution in [2.45, 2.75) is 38.1 Å². The first kappa shape index (κ1) is 12.8. The second-order valence-electron chi connectivity index (χ2n) is 4.77. The van der Waals surface area contributed by atoms with Crippen LogP contribution in [0.15, 0.2) is 18.2 Å². The number of hydrogen-bond donors (Lipinski definition) is 2. The van der Waals surface area contributed by atoms with Gasteiger partial charge in [0.1, 0.15) is 5.82 Å². The van der Waals surface area contributed by atoms with Crippen LogP contribution < -0.4 is 11.3 Å². The van der Waals surface area contributed by atoms with Gasteiger partial charge in [0.2, 0.25) is 0 Å². The van der Waals surface area contributed by atoms with Crippen LogP contribution in [-0.2, 0) is 0 Å². The monoisotopic (exact) mass is 256 g/mol. The summed E-state index contributed by atoms with van der Waals surface area (Å²) in [7, 11) is 0. The Morgan fingerprint density at radius 1 is 1.41 bits per heavy atom. The van der Waals surface area contributed by atoms with Crippen LogP contribution in [0.25, 0.3) is 0 Å². The topological polar surface area (TPSA) is 38.0 Å². The van der Waals surface area contributed by atoms with Crippen LogP contribution in [-0.4, -0.2) is 0 Å². The van der Waals surface area contributed by atoms with Gasteiger partial charge in [-0.3, -0.25) is 11.3 Å². The molecule has 0 bridgehead atoms. The molecule has 1 unspecified atom stereocenters. The maximum atomic E-state index is 13.2. The van der Waals surface area contributed by atoms with Crippen molar-refractivity contribution in [2.24, 2.45) is 11.8 Å². The molecule has 1 aliphatic rings. The van der Waals surface area contributed by atoms with E-state index < -0.39 is 0 Å². The number of halogens is 2. The summed E-state index contributed by atoms with van der Waals surface area (Å²) >= 11 is 6.09. The van der Waals surface area contributed by atoms with Crippen LogP contribution in [0.2, 0.25) is 5.02 Å². The molecule has 1 aromatic carbocycles. The molecule has 0 spiro atoms. The molecule has 0 aromatic heterocycles. The third-order valence-electron chi connectivity index (χ3n) is 3.58. The number of nitrogens with two attached hydrogens (primary N) is 1. The number of nitrogens with one attached hydrogen (secondary N) is 1. The van der Waals surface area contributed by atoms with Crippen molar-refractivity contribution in [3.8, 4) is 0 Å². The molecular weight excluding hydrogens is 239 g/mol. The third kappa shape index (κ3) is 3.18. The van der Waals surface area contributed by atoms with Gasteiger partial charge in [-0.15, -0.1) is 0 Å². The molecule has 0 radical (unpaired) electrons. The summed E-state index contributed by atoms with van der Waals surface area (Å²) in [5.74, 6) is 5.98. The minimum atomic E-state index is -0.268. The Kier molecular flexibility index (Phi) is 4.37. The van der Waals surface area contributed by atoms with Crippen LogP contribution in [0.3, 0.4) is 0 Å². The highest BCUT2D eigenvalue weighted by Gasteiger charge is 2.22. The molecule has 1 saturated carbocycles. The van der Waals surface area contributed by atoms with Gasteiger partial charge in [-0.05, 0) is 36.1 Å². The highest BCUT2D eigenvalue weighted by atomic mass is 35.5. The predicted molar refractivity (Wildman–Crippen MR) is 68.0 cm³/mol. The molecule has 4 heteroatoms. The Morgan fingerprint density at radius 3 is 2.76 bits per heavy atom. The SMILES string of the molecule is NNC(CC1CCCC1)c1cc(F)ccc1Cl. The first-order valence-electron chi connectivity index (χ1n) is 6.12. The first-order chi connectivity index (χ1) is 8.20. The Bertz CT molecular complexity index is 378. The van der Waals surface area contributed by atoms with Gasteiger partial charge in [-0.1, -0.05) is 37.3 Å². The molecule has 0 heterocycles. The molecule has 1 fully saturated rings. The maximum absolute atomic E-state index is 13.2. The lowest BCUT2D eigenvalue weighted by molar-refractivity contribution is 0.399. The summed E-state index contributed by atoms with van der Waals surface area (Å²) in [4.78, 5) is 0. The quantitative estimate of drug-likeness (QED) is 0.639. The summed E-state index contributed by atoms with van der Waals surface area (Å²) in [5.41, 5.74) is 3.53. The van der Waals surface area contributed by atoms with Crippen LogP contribution in [0.4, 0.5) is 4.39 Å². The van der Waals surface area contributed by atoms with Gasteiger partial charge in [0.25, 0.3) is 0 Å². The summed E-state index contributed by atoms with van der Waals surface area (Å²) in [5, 5.41) is 0.576. The van der Waals surface area contributed by atoms with E-state index in [4.69, 9.17) is 17.4 Å². The second-order valence-corrected chi connectivity index (χ2v) is 5.18. The zero-order chi connectivity index (χ0) is 12.3. The molecule has 1 aromatic rings. The molecule has 94 valence electrons. The molecule has 3 N–H and O–H groups in total. The van der Waals surface area contributed by atoms with Crippen LogP contribution >= 0.6 is 11.6 Å². The van der Waals surface area contributed by atoms with Crippen molar-refractivity contribution in [3.05, 3.63) is 34.6 Å². The minimum absolute atomic E-state index is 0.0544. The van der Waals surface area contributed by atoms with Crippen LogP contribution in [0.1, 0.15) is 43.7 Å². The van der Waals surface area contributed by atoms with Crippen molar-refractivity contribution in [1.82, 2.24) is 5.43 Å². The van der Waals surface area contributed by atoms with Crippen molar-refractivity contribution < 1.29 is 4.39 Å². The smallest absolute Gasteiger partial charge is 0.123 e. The summed E-state index contributed by atoms with van der Waals surface area (Å²) in [6.45, 7) is 0. The number of hydrazine groups is 1. The fourth-order valence-corrected chi connectivity index (χ4v) is 2.90. The number of rotatable bonds is 4. The van der Waals surface area contributed by atoms with Gasteiger partial charge < -0.3 is 0 Å². The fourth-order valence-electron chi connectivity index (χ4n) is 2.65. The Hall–Kier alpha value is -0.640. The van der Waals surface area contributed by atoms with E-state index >= 15 is 0 Å². The lowest BCUT2D eigenvalue weighted by Crippen LogP contribution is -2.29. The maximum Gasteiger partial charge on any atom is 0.123 e. The lowest BCUT2D eigenvalue weighted by Gasteiger charge is -2.21. The number of benzene rings is 1. The summed E-state index contributed by atoms with van der Waals surface area (Å²) in [6.07, 6.45) is 5.99. The van der Waals surface area contributed by atoms with E-state index in [1.54, 1.807) is 6.07 Å². The predicted octanol–water partition coefficient (Wildman–Crippen LogP) is 3.56. The highest BCUT2D eigenvalue weighted by molar-refractivity contribution is 6.31. The highest BCUT2D eigenvalue weighted by Crippen LogP contribution is 2.34. The normalized spacial score (nSPS) is 18.5. The zero-order valence-corrected chi connectivity index (χ0v) is 10.5. The average molecular weight is 257 g/mol. The van der Waals surface area contributed by atoms with Gasteiger partial charge in [0.05, 0.1) is 0 Å². The van der Waals surface area contributed by atoms with E-state index in [0.29, 0.717) is 10.9 Å². The van der Waals surface area contributed by atoms with Gasteiger partial charge in [0.15, 0.2) is 0 Å². The molecule has 0 amide bonds. The van der Waals surface area contributed by atoms with E-state index in [0.717, 1.165) is 12.0 Å². The van der Waals surface area contributed by atoms with Crippen LogP contribution in [0.5, 0.6) is 0 Å². The molecular formula is C13H18ClFN2. The zero-order valence-electron chi connectivity index (χ0n) is 9.76. The molecule has 0 saturated heterocycles. The second kappa shape index (κ2) is 5.80. The van der Waals surface area contributed by atoms with E-state index in [9.17, 15) is 4.39 Å². The van der Waals surface area contributed by atoms with Gasteiger partial charge in [0, 0.05) is 11.1 Å². The minimum Gasteiger partial charge on any atom is -0.271 e. The number of hydrogen-bond acceptors (Lipinski definition) is 2. The largest absolute Gasteiger partial charge is 0.271 e. The molecule has 1 aliphatic carbocycles. The van der Waals surface area contributed by atoms with E-state index in [-0.39, 0.29) is 11.9 Å². The molecule has 0 aliphatic heterocycles. The van der Waals surface area contributed by atoms with Gasteiger partial charge in [-0.2, -0.15) is 0 Å². The van der Waals surface area contributed by atoms with Crippen molar-refractivity contribution in [1.29, 1.82) is 0 Å². The Balaban J connectivity index is 2.13. The average Bonchev–Trinajstić information content (AvgIpc) is 2.82. The van der Waals surface area contributed by atoms with Crippen LogP contribution in [0, 0.1) is 11.7 Å².